The van der Waals surface area contributed by atoms with Gasteiger partial charge < -0.3 is 4.74 Å². The number of halogens is 1. The molecule has 1 heterocycles. The summed E-state index contributed by atoms with van der Waals surface area (Å²) in [5, 5.41) is 15.4. The number of thiophene rings is 1. The van der Waals surface area contributed by atoms with Gasteiger partial charge in [0.2, 0.25) is 0 Å². The smallest absolute Gasteiger partial charge is 0.281 e. The van der Waals surface area contributed by atoms with Crippen LogP contribution in [-0.2, 0) is 0 Å². The van der Waals surface area contributed by atoms with Gasteiger partial charge in [-0.1, -0.05) is 0 Å². The first-order valence-corrected chi connectivity index (χ1v) is 8.94. The van der Waals surface area contributed by atoms with Crippen molar-refractivity contribution in [2.75, 3.05) is 7.11 Å². The van der Waals surface area contributed by atoms with Crippen LogP contribution in [0, 0.1) is 10.1 Å². The number of hydrogen-bond acceptors (Lipinski definition) is 6. The number of hydrazone groups is 1. The fraction of sp³-hybridized carbons (Fsp3) is 0.0588. The van der Waals surface area contributed by atoms with Crippen LogP contribution in [0.15, 0.2) is 52.0 Å². The number of benzene rings is 2. The molecule has 3 aromatic rings. The maximum absolute atomic E-state index is 12.2. The maximum atomic E-state index is 12.2. The third-order valence-corrected chi connectivity index (χ3v) is 5.22. The molecule has 0 radical (unpaired) electrons. The number of nitrogens with zero attached hydrogens (tertiary/aromatic N) is 2. The number of non-ortho nitro benzene ring substituents is 1. The number of methoxy groups -OCH3 is 1. The second kappa shape index (κ2) is 7.63. The molecule has 1 amide bonds. The van der Waals surface area contributed by atoms with Crippen molar-refractivity contribution in [2.24, 2.45) is 5.10 Å². The molecule has 0 aliphatic carbocycles. The first-order valence-electron chi connectivity index (χ1n) is 7.33. The molecule has 3 rings (SSSR count). The van der Waals surface area contributed by atoms with Gasteiger partial charge >= 0.3 is 0 Å². The van der Waals surface area contributed by atoms with Crippen LogP contribution in [-0.4, -0.2) is 24.2 Å². The predicted octanol–water partition coefficient (Wildman–Crippen LogP) is 4.34. The summed E-state index contributed by atoms with van der Waals surface area (Å²) < 4.78 is 6.72. The largest absolute Gasteiger partial charge is 0.496 e. The van der Waals surface area contributed by atoms with Crippen molar-refractivity contribution >= 4 is 55.2 Å². The molecule has 0 fully saturated rings. The molecule has 0 aliphatic rings. The first kappa shape index (κ1) is 18.0. The lowest BCUT2D eigenvalue weighted by atomic mass is 10.2. The Morgan fingerprint density at radius 1 is 1.31 bits per heavy atom. The van der Waals surface area contributed by atoms with Gasteiger partial charge in [-0.2, -0.15) is 5.10 Å². The van der Waals surface area contributed by atoms with Gasteiger partial charge in [0.15, 0.2) is 0 Å². The average molecular weight is 434 g/mol. The summed E-state index contributed by atoms with van der Waals surface area (Å²) >= 11 is 4.63. The number of nitro groups is 1. The van der Waals surface area contributed by atoms with Crippen LogP contribution in [0.4, 0.5) is 5.69 Å². The van der Waals surface area contributed by atoms with Gasteiger partial charge in [-0.05, 0) is 51.8 Å². The Kier molecular flexibility index (Phi) is 5.29. The third kappa shape index (κ3) is 3.89. The highest BCUT2D eigenvalue weighted by Gasteiger charge is 2.12. The molecular weight excluding hydrogens is 422 g/mol. The van der Waals surface area contributed by atoms with Crippen molar-refractivity contribution in [2.45, 2.75) is 0 Å². The molecule has 26 heavy (non-hydrogen) atoms. The van der Waals surface area contributed by atoms with Crippen LogP contribution in [0.5, 0.6) is 5.75 Å². The van der Waals surface area contributed by atoms with E-state index in [9.17, 15) is 14.9 Å². The Bertz CT molecular complexity index is 1030. The standard InChI is InChI=1S/C17H12BrN3O4S/c1-25-14-4-2-10(6-13(14)18)9-19-20-17(22)16-8-11-7-12(21(23)24)3-5-15(11)26-16/h2-9H,1H3,(H,20,22)/b19-9-. The molecule has 0 aliphatic heterocycles. The van der Waals surface area contributed by atoms with Gasteiger partial charge in [0, 0.05) is 22.2 Å². The van der Waals surface area contributed by atoms with E-state index in [1.807, 2.05) is 6.07 Å². The van der Waals surface area contributed by atoms with Gasteiger partial charge in [0.25, 0.3) is 11.6 Å². The van der Waals surface area contributed by atoms with E-state index in [2.05, 4.69) is 26.5 Å². The molecule has 9 heteroatoms. The van der Waals surface area contributed by atoms with E-state index in [4.69, 9.17) is 4.74 Å². The minimum Gasteiger partial charge on any atom is -0.496 e. The predicted molar refractivity (Wildman–Crippen MR) is 104 cm³/mol. The van der Waals surface area contributed by atoms with E-state index in [0.29, 0.717) is 16.0 Å². The van der Waals surface area contributed by atoms with E-state index < -0.39 is 4.92 Å². The topological polar surface area (TPSA) is 93.8 Å². The molecule has 0 atom stereocenters. The summed E-state index contributed by atoms with van der Waals surface area (Å²) in [6.45, 7) is 0. The van der Waals surface area contributed by atoms with E-state index in [1.54, 1.807) is 31.4 Å². The lowest BCUT2D eigenvalue weighted by Crippen LogP contribution is -2.16. The number of rotatable bonds is 5. The number of carbonyl (C=O) groups excluding carboxylic acids is 1. The molecule has 1 N–H and O–H groups in total. The first-order chi connectivity index (χ1) is 12.5. The van der Waals surface area contributed by atoms with Crippen LogP contribution < -0.4 is 10.2 Å². The summed E-state index contributed by atoms with van der Waals surface area (Å²) in [6, 6.07) is 11.5. The van der Waals surface area contributed by atoms with Gasteiger partial charge in [0.1, 0.15) is 5.75 Å². The molecular formula is C17H12BrN3O4S. The van der Waals surface area contributed by atoms with Gasteiger partial charge in [-0.3, -0.25) is 14.9 Å². The Balaban J connectivity index is 1.72. The fourth-order valence-corrected chi connectivity index (χ4v) is 3.73. The van der Waals surface area contributed by atoms with Crippen molar-refractivity contribution in [1.29, 1.82) is 0 Å². The molecule has 132 valence electrons. The minimum absolute atomic E-state index is 0.00892. The highest BCUT2D eigenvalue weighted by atomic mass is 79.9. The fourth-order valence-electron chi connectivity index (χ4n) is 2.24. The summed E-state index contributed by atoms with van der Waals surface area (Å²) in [4.78, 5) is 23.0. The number of nitrogens with one attached hydrogen (secondary N) is 1. The van der Waals surface area contributed by atoms with Crippen molar-refractivity contribution < 1.29 is 14.5 Å². The normalized spacial score (nSPS) is 11.0. The highest BCUT2D eigenvalue weighted by Crippen LogP contribution is 2.29. The van der Waals surface area contributed by atoms with Gasteiger partial charge in [-0.25, -0.2) is 5.43 Å². The van der Waals surface area contributed by atoms with Crippen molar-refractivity contribution in [3.05, 3.63) is 67.5 Å². The van der Waals surface area contributed by atoms with E-state index in [1.165, 1.54) is 29.7 Å². The molecule has 0 saturated carbocycles. The van der Waals surface area contributed by atoms with E-state index in [0.717, 1.165) is 14.7 Å². The van der Waals surface area contributed by atoms with E-state index in [-0.39, 0.29) is 11.6 Å². The van der Waals surface area contributed by atoms with Crippen LogP contribution in [0.25, 0.3) is 10.1 Å². The third-order valence-electron chi connectivity index (χ3n) is 3.49. The molecule has 0 saturated heterocycles. The molecule has 7 nitrogen and oxygen atoms in total. The van der Waals surface area contributed by atoms with Crippen LogP contribution in [0.2, 0.25) is 0 Å². The lowest BCUT2D eigenvalue weighted by molar-refractivity contribution is -0.384. The Labute approximate surface area is 160 Å². The number of hydrogen-bond donors (Lipinski definition) is 1. The lowest BCUT2D eigenvalue weighted by Gasteiger charge is -2.03. The van der Waals surface area contributed by atoms with Crippen LogP contribution >= 0.6 is 27.3 Å². The summed E-state index contributed by atoms with van der Waals surface area (Å²) in [5.74, 6) is 0.322. The zero-order valence-electron chi connectivity index (χ0n) is 13.4. The zero-order valence-corrected chi connectivity index (χ0v) is 15.8. The van der Waals surface area contributed by atoms with E-state index >= 15 is 0 Å². The number of ether oxygens (including phenoxy) is 1. The van der Waals surface area contributed by atoms with Gasteiger partial charge in [-0.15, -0.1) is 11.3 Å². The molecule has 0 unspecified atom stereocenters. The van der Waals surface area contributed by atoms with Crippen molar-refractivity contribution in [1.82, 2.24) is 5.43 Å². The maximum Gasteiger partial charge on any atom is 0.281 e. The molecule has 2 aromatic carbocycles. The van der Waals surface area contributed by atoms with Crippen molar-refractivity contribution in [3.8, 4) is 5.75 Å². The summed E-state index contributed by atoms with van der Waals surface area (Å²) in [5.41, 5.74) is 3.23. The summed E-state index contributed by atoms with van der Waals surface area (Å²) in [6.07, 6.45) is 1.51. The monoisotopic (exact) mass is 433 g/mol. The Morgan fingerprint density at radius 2 is 2.12 bits per heavy atom. The van der Waals surface area contributed by atoms with Crippen LogP contribution in [0.1, 0.15) is 15.2 Å². The Morgan fingerprint density at radius 3 is 2.81 bits per heavy atom. The minimum atomic E-state index is -0.464. The molecule has 1 aromatic heterocycles. The van der Waals surface area contributed by atoms with Crippen LogP contribution in [0.3, 0.4) is 0 Å². The summed E-state index contributed by atoms with van der Waals surface area (Å²) in [7, 11) is 1.58. The second-order valence-corrected chi connectivity index (χ2v) is 7.12. The quantitative estimate of drug-likeness (QED) is 0.367. The Hall–Kier alpha value is -2.78. The number of carbonyl (C=O) groups is 1. The number of amides is 1. The zero-order chi connectivity index (χ0) is 18.7. The highest BCUT2D eigenvalue weighted by molar-refractivity contribution is 9.10. The molecule has 0 bridgehead atoms. The number of fused-ring (bicyclic) bond motifs is 1. The van der Waals surface area contributed by atoms with Gasteiger partial charge in [0.05, 0.1) is 27.6 Å². The number of nitro benzene ring substituents is 1. The SMILES string of the molecule is COc1ccc(/C=N\NC(=O)c2cc3cc([N+](=O)[O-])ccc3s2)cc1Br. The molecule has 0 spiro atoms. The van der Waals surface area contributed by atoms with Crippen molar-refractivity contribution in [3.63, 3.8) is 0 Å². The average Bonchev–Trinajstić information content (AvgIpc) is 3.05. The second-order valence-electron chi connectivity index (χ2n) is 5.18.